The predicted molar refractivity (Wildman–Crippen MR) is 62.9 cm³/mol. The van der Waals surface area contributed by atoms with Crippen LogP contribution in [0.2, 0.25) is 0 Å². The van der Waals surface area contributed by atoms with Crippen molar-refractivity contribution >= 4 is 11.3 Å². The smallest absolute Gasteiger partial charge is 0.126 e. The first-order valence-corrected chi connectivity index (χ1v) is 6.37. The van der Waals surface area contributed by atoms with Gasteiger partial charge in [-0.2, -0.15) is 0 Å². The van der Waals surface area contributed by atoms with Crippen molar-refractivity contribution in [3.63, 3.8) is 0 Å². The number of aliphatic hydroxyl groups excluding tert-OH is 1. The van der Waals surface area contributed by atoms with E-state index < -0.39 is 0 Å². The molecule has 15 heavy (non-hydrogen) atoms. The minimum atomic E-state index is -0.190. The maximum atomic E-state index is 9.05. The Labute approximate surface area is 95.5 Å². The van der Waals surface area contributed by atoms with Crippen LogP contribution < -0.4 is 10.6 Å². The van der Waals surface area contributed by atoms with Gasteiger partial charge in [-0.3, -0.25) is 0 Å². The summed E-state index contributed by atoms with van der Waals surface area (Å²) in [5.74, 6) is 0. The molecule has 0 unspecified atom stereocenters. The molecular formula is C11H22N2OS+2. The molecule has 1 aromatic rings. The van der Waals surface area contributed by atoms with Crippen LogP contribution in [0.1, 0.15) is 16.7 Å². The molecule has 0 spiro atoms. The van der Waals surface area contributed by atoms with Crippen molar-refractivity contribution in [2.45, 2.75) is 26.5 Å². The lowest BCUT2D eigenvalue weighted by atomic mass is 10.4. The summed E-state index contributed by atoms with van der Waals surface area (Å²) in [7, 11) is 0. The molecule has 86 valence electrons. The first-order valence-electron chi connectivity index (χ1n) is 5.55. The molecular weight excluding hydrogens is 208 g/mol. The maximum absolute atomic E-state index is 9.05. The highest BCUT2D eigenvalue weighted by Gasteiger charge is 2.00. The number of quaternary nitrogens is 2. The highest BCUT2D eigenvalue weighted by Crippen LogP contribution is 2.12. The van der Waals surface area contributed by atoms with E-state index in [9.17, 15) is 0 Å². The molecule has 0 fully saturated rings. The minimum absolute atomic E-state index is 0.190. The molecule has 1 heterocycles. The Bertz CT molecular complexity index is 273. The Balaban J connectivity index is 1.98. The first kappa shape index (κ1) is 12.6. The van der Waals surface area contributed by atoms with Gasteiger partial charge in [0.15, 0.2) is 0 Å². The summed E-state index contributed by atoms with van der Waals surface area (Å²) in [6, 6.07) is 4.38. The van der Waals surface area contributed by atoms with Gasteiger partial charge in [-0.1, -0.05) is 0 Å². The fraction of sp³-hybridized carbons (Fsp3) is 0.636. The van der Waals surface area contributed by atoms with Crippen molar-refractivity contribution < 1.29 is 15.7 Å². The lowest BCUT2D eigenvalue weighted by molar-refractivity contribution is -0.732. The van der Waals surface area contributed by atoms with Gasteiger partial charge in [-0.15, -0.1) is 11.3 Å². The van der Waals surface area contributed by atoms with Crippen LogP contribution in [0.5, 0.6) is 0 Å². The minimum Gasteiger partial charge on any atom is -0.388 e. The van der Waals surface area contributed by atoms with E-state index in [1.165, 1.54) is 9.75 Å². The van der Waals surface area contributed by atoms with Crippen molar-refractivity contribution in [3.8, 4) is 0 Å². The summed E-state index contributed by atoms with van der Waals surface area (Å²) in [6.07, 6.45) is -0.190. The second kappa shape index (κ2) is 6.95. The Morgan fingerprint density at radius 2 is 2.07 bits per heavy atom. The van der Waals surface area contributed by atoms with E-state index in [0.717, 1.165) is 26.2 Å². The molecule has 0 aromatic carbocycles. The van der Waals surface area contributed by atoms with Crippen molar-refractivity contribution in [2.75, 3.05) is 19.6 Å². The number of aliphatic hydroxyl groups is 1. The highest BCUT2D eigenvalue weighted by atomic mass is 32.1. The number of hydrogen-bond acceptors (Lipinski definition) is 2. The molecule has 0 saturated heterocycles. The van der Waals surface area contributed by atoms with Gasteiger partial charge in [-0.25, -0.2) is 0 Å². The average Bonchev–Trinajstić information content (AvgIpc) is 2.57. The van der Waals surface area contributed by atoms with Gasteiger partial charge in [0.05, 0.1) is 11.0 Å². The summed E-state index contributed by atoms with van der Waals surface area (Å²) in [5, 5.41) is 13.5. The van der Waals surface area contributed by atoms with Gasteiger partial charge in [0, 0.05) is 4.88 Å². The van der Waals surface area contributed by atoms with Crippen LogP contribution in [0, 0.1) is 6.92 Å². The standard InChI is InChI=1S/C11H20N2OS/c1-9(14)7-12-5-6-13-8-11-4-3-10(2)15-11/h3-4,9,12-14H,5-8H2,1-2H3/p+2/t9-/m1/s1. The molecule has 0 aliphatic rings. The van der Waals surface area contributed by atoms with Crippen molar-refractivity contribution in [1.82, 2.24) is 0 Å². The summed E-state index contributed by atoms with van der Waals surface area (Å²) < 4.78 is 0. The zero-order chi connectivity index (χ0) is 11.1. The molecule has 1 atom stereocenters. The van der Waals surface area contributed by atoms with Crippen LogP contribution in [0.15, 0.2) is 12.1 Å². The Kier molecular flexibility index (Phi) is 5.86. The van der Waals surface area contributed by atoms with Crippen LogP contribution in [0.3, 0.4) is 0 Å². The molecule has 3 nitrogen and oxygen atoms in total. The zero-order valence-corrected chi connectivity index (χ0v) is 10.4. The third-order valence-corrected chi connectivity index (χ3v) is 3.25. The number of nitrogens with two attached hydrogens (primary N) is 2. The molecule has 0 saturated carbocycles. The molecule has 0 amide bonds. The normalized spacial score (nSPS) is 13.0. The second-order valence-electron chi connectivity index (χ2n) is 3.96. The molecule has 0 aliphatic carbocycles. The van der Waals surface area contributed by atoms with Crippen molar-refractivity contribution in [2.24, 2.45) is 0 Å². The number of rotatable bonds is 7. The predicted octanol–water partition coefficient (Wildman–Crippen LogP) is -0.936. The van der Waals surface area contributed by atoms with Crippen LogP contribution in [0.25, 0.3) is 0 Å². The largest absolute Gasteiger partial charge is 0.388 e. The third-order valence-electron chi connectivity index (χ3n) is 2.22. The maximum Gasteiger partial charge on any atom is 0.126 e. The quantitative estimate of drug-likeness (QED) is 0.521. The summed E-state index contributed by atoms with van der Waals surface area (Å²) >= 11 is 1.87. The molecule has 4 heteroatoms. The Morgan fingerprint density at radius 1 is 1.33 bits per heavy atom. The van der Waals surface area contributed by atoms with E-state index in [1.807, 2.05) is 18.3 Å². The fourth-order valence-corrected chi connectivity index (χ4v) is 2.32. The van der Waals surface area contributed by atoms with Crippen LogP contribution in [-0.2, 0) is 6.54 Å². The van der Waals surface area contributed by atoms with Gasteiger partial charge in [0.1, 0.15) is 26.2 Å². The average molecular weight is 230 g/mol. The Hall–Kier alpha value is -0.420. The van der Waals surface area contributed by atoms with Crippen LogP contribution in [0.4, 0.5) is 0 Å². The van der Waals surface area contributed by atoms with Gasteiger partial charge in [0.25, 0.3) is 0 Å². The highest BCUT2D eigenvalue weighted by molar-refractivity contribution is 7.11. The summed E-state index contributed by atoms with van der Waals surface area (Å²) in [6.45, 7) is 8.06. The molecule has 1 aromatic heterocycles. The molecule has 5 N–H and O–H groups in total. The summed E-state index contributed by atoms with van der Waals surface area (Å²) in [5.41, 5.74) is 0. The topological polar surface area (TPSA) is 53.5 Å². The lowest BCUT2D eigenvalue weighted by Crippen LogP contribution is -2.95. The fourth-order valence-electron chi connectivity index (χ4n) is 1.43. The summed E-state index contributed by atoms with van der Waals surface area (Å²) in [4.78, 5) is 2.84. The number of hydrogen-bond donors (Lipinski definition) is 3. The third kappa shape index (κ3) is 5.89. The SMILES string of the molecule is Cc1ccc(C[NH2+]CC[NH2+]C[C@@H](C)O)s1. The second-order valence-corrected chi connectivity index (χ2v) is 5.33. The number of thiophene rings is 1. The van der Waals surface area contributed by atoms with E-state index in [1.54, 1.807) is 0 Å². The Morgan fingerprint density at radius 3 is 2.67 bits per heavy atom. The molecule has 1 rings (SSSR count). The first-order chi connectivity index (χ1) is 7.18. The lowest BCUT2D eigenvalue weighted by Gasteiger charge is -2.02. The van der Waals surface area contributed by atoms with E-state index in [-0.39, 0.29) is 6.10 Å². The van der Waals surface area contributed by atoms with Gasteiger partial charge in [-0.05, 0) is 26.0 Å². The zero-order valence-electron chi connectivity index (χ0n) is 9.57. The van der Waals surface area contributed by atoms with Crippen LogP contribution >= 0.6 is 11.3 Å². The van der Waals surface area contributed by atoms with E-state index in [4.69, 9.17) is 5.11 Å². The van der Waals surface area contributed by atoms with Crippen LogP contribution in [-0.4, -0.2) is 30.8 Å². The van der Waals surface area contributed by atoms with Gasteiger partial charge in [0.2, 0.25) is 0 Å². The monoisotopic (exact) mass is 230 g/mol. The van der Waals surface area contributed by atoms with E-state index in [0.29, 0.717) is 0 Å². The van der Waals surface area contributed by atoms with E-state index >= 15 is 0 Å². The van der Waals surface area contributed by atoms with Gasteiger partial charge < -0.3 is 15.7 Å². The van der Waals surface area contributed by atoms with E-state index in [2.05, 4.69) is 29.7 Å². The van der Waals surface area contributed by atoms with Crippen molar-refractivity contribution in [3.05, 3.63) is 21.9 Å². The number of aryl methyl sites for hydroxylation is 1. The molecule has 0 bridgehead atoms. The molecule has 0 aliphatic heterocycles. The molecule has 0 radical (unpaired) electrons. The van der Waals surface area contributed by atoms with Gasteiger partial charge >= 0.3 is 0 Å². The van der Waals surface area contributed by atoms with Crippen molar-refractivity contribution in [1.29, 1.82) is 0 Å².